The Morgan fingerprint density at radius 2 is 1.94 bits per heavy atom. The Bertz CT molecular complexity index is 269. The first-order valence-corrected chi connectivity index (χ1v) is 6.97. The molecule has 2 amide bonds. The topological polar surface area (TPSA) is 36.0 Å². The van der Waals surface area contributed by atoms with E-state index < -0.39 is 0 Å². The van der Waals surface area contributed by atoms with Crippen LogP contribution in [0.4, 0.5) is 4.79 Å². The van der Waals surface area contributed by atoms with Crippen LogP contribution in [-0.2, 0) is 4.74 Å². The van der Waals surface area contributed by atoms with Gasteiger partial charge >= 0.3 is 6.03 Å². The molecule has 0 aromatic rings. The highest BCUT2D eigenvalue weighted by atomic mass is 16.5. The predicted molar refractivity (Wildman–Crippen MR) is 70.7 cm³/mol. The third-order valence-corrected chi connectivity index (χ3v) is 3.76. The van der Waals surface area contributed by atoms with Crippen molar-refractivity contribution in [3.63, 3.8) is 0 Å². The summed E-state index contributed by atoms with van der Waals surface area (Å²) in [7, 11) is 3.62. The van der Waals surface area contributed by atoms with Crippen molar-refractivity contribution in [3.05, 3.63) is 0 Å². The molecule has 0 spiro atoms. The molecule has 0 radical (unpaired) electrons. The Hall–Kier alpha value is -0.810. The van der Waals surface area contributed by atoms with Gasteiger partial charge in [-0.2, -0.15) is 0 Å². The second kappa shape index (κ2) is 6.38. The quantitative estimate of drug-likeness (QED) is 0.734. The monoisotopic (exact) mass is 255 g/mol. The molecule has 18 heavy (non-hydrogen) atoms. The van der Waals surface area contributed by atoms with E-state index in [1.807, 2.05) is 19.0 Å². The van der Waals surface area contributed by atoms with E-state index in [1.54, 1.807) is 4.90 Å². The number of nitrogens with zero attached hydrogens (tertiary/aromatic N) is 3. The molecule has 2 fully saturated rings. The fourth-order valence-corrected chi connectivity index (χ4v) is 2.64. The number of hydrogen-bond acceptors (Lipinski definition) is 3. The number of urea groups is 1. The average molecular weight is 255 g/mol. The molecular formula is C13H25N3O2. The van der Waals surface area contributed by atoms with E-state index in [4.69, 9.17) is 4.74 Å². The third-order valence-electron chi connectivity index (χ3n) is 3.76. The molecule has 104 valence electrons. The van der Waals surface area contributed by atoms with Crippen LogP contribution < -0.4 is 0 Å². The van der Waals surface area contributed by atoms with E-state index in [0.29, 0.717) is 6.10 Å². The molecule has 0 bridgehead atoms. The van der Waals surface area contributed by atoms with Gasteiger partial charge in [0.2, 0.25) is 0 Å². The van der Waals surface area contributed by atoms with Gasteiger partial charge < -0.3 is 14.5 Å². The number of amides is 2. The van der Waals surface area contributed by atoms with Gasteiger partial charge in [0.05, 0.1) is 6.10 Å². The van der Waals surface area contributed by atoms with Crippen molar-refractivity contribution in [3.8, 4) is 0 Å². The maximum atomic E-state index is 11.8. The summed E-state index contributed by atoms with van der Waals surface area (Å²) in [6.07, 6.45) is 4.11. The summed E-state index contributed by atoms with van der Waals surface area (Å²) in [5.41, 5.74) is 0. The Morgan fingerprint density at radius 1 is 1.22 bits per heavy atom. The van der Waals surface area contributed by atoms with Gasteiger partial charge in [0.15, 0.2) is 0 Å². The minimum Gasteiger partial charge on any atom is -0.377 e. The highest BCUT2D eigenvalue weighted by molar-refractivity contribution is 5.73. The first kappa shape index (κ1) is 13.6. The van der Waals surface area contributed by atoms with E-state index in [0.717, 1.165) is 39.3 Å². The van der Waals surface area contributed by atoms with Crippen molar-refractivity contribution in [2.24, 2.45) is 0 Å². The summed E-state index contributed by atoms with van der Waals surface area (Å²) in [6.45, 7) is 5.57. The molecule has 2 saturated heterocycles. The zero-order valence-electron chi connectivity index (χ0n) is 11.6. The van der Waals surface area contributed by atoms with Gasteiger partial charge in [0.1, 0.15) is 0 Å². The second-order valence-corrected chi connectivity index (χ2v) is 5.45. The summed E-state index contributed by atoms with van der Waals surface area (Å²) in [5, 5.41) is 0. The molecule has 2 rings (SSSR count). The number of hydrogen-bond donors (Lipinski definition) is 0. The van der Waals surface area contributed by atoms with Gasteiger partial charge in [0.25, 0.3) is 0 Å². The summed E-state index contributed by atoms with van der Waals surface area (Å²) >= 11 is 0. The van der Waals surface area contributed by atoms with Gasteiger partial charge in [-0.05, 0) is 19.3 Å². The first-order chi connectivity index (χ1) is 8.66. The molecule has 0 N–H and O–H groups in total. The highest BCUT2D eigenvalue weighted by Crippen LogP contribution is 2.15. The van der Waals surface area contributed by atoms with E-state index >= 15 is 0 Å². The largest absolute Gasteiger partial charge is 0.377 e. The van der Waals surface area contributed by atoms with Crippen LogP contribution in [0, 0.1) is 0 Å². The average Bonchev–Trinajstić information content (AvgIpc) is 2.40. The summed E-state index contributed by atoms with van der Waals surface area (Å²) in [4.78, 5) is 17.8. The Labute approximate surface area is 110 Å². The van der Waals surface area contributed by atoms with Crippen LogP contribution in [0.3, 0.4) is 0 Å². The maximum absolute atomic E-state index is 11.8. The van der Waals surface area contributed by atoms with Crippen molar-refractivity contribution in [2.75, 3.05) is 53.4 Å². The number of carbonyl (C=O) groups excluding carboxylic acids is 1. The molecule has 0 unspecified atom stereocenters. The molecule has 0 aliphatic carbocycles. The Kier molecular flexibility index (Phi) is 4.83. The van der Waals surface area contributed by atoms with Gasteiger partial charge in [-0.25, -0.2) is 4.79 Å². The van der Waals surface area contributed by atoms with Crippen molar-refractivity contribution in [1.29, 1.82) is 0 Å². The zero-order chi connectivity index (χ0) is 13.0. The van der Waals surface area contributed by atoms with Crippen LogP contribution in [0.25, 0.3) is 0 Å². The molecule has 5 nitrogen and oxygen atoms in total. The molecule has 5 heteroatoms. The second-order valence-electron chi connectivity index (χ2n) is 5.45. The normalized spacial score (nSPS) is 26.1. The number of rotatable bonds is 2. The lowest BCUT2D eigenvalue weighted by Gasteiger charge is -2.37. The Balaban J connectivity index is 1.71. The smallest absolute Gasteiger partial charge is 0.319 e. The molecule has 2 heterocycles. The zero-order valence-corrected chi connectivity index (χ0v) is 11.6. The fourth-order valence-electron chi connectivity index (χ4n) is 2.64. The van der Waals surface area contributed by atoms with Crippen molar-refractivity contribution >= 4 is 6.03 Å². The van der Waals surface area contributed by atoms with Gasteiger partial charge in [0, 0.05) is 53.4 Å². The van der Waals surface area contributed by atoms with Crippen LogP contribution in [0.5, 0.6) is 0 Å². The Morgan fingerprint density at radius 3 is 2.50 bits per heavy atom. The molecule has 2 aliphatic rings. The van der Waals surface area contributed by atoms with E-state index in [2.05, 4.69) is 4.90 Å². The number of piperazine rings is 1. The summed E-state index contributed by atoms with van der Waals surface area (Å²) < 4.78 is 5.76. The minimum atomic E-state index is 0.128. The third kappa shape index (κ3) is 3.59. The van der Waals surface area contributed by atoms with E-state index in [-0.39, 0.29) is 6.03 Å². The highest BCUT2D eigenvalue weighted by Gasteiger charge is 2.24. The molecule has 1 atom stereocenters. The predicted octanol–water partition coefficient (Wildman–Crippen LogP) is 0.855. The van der Waals surface area contributed by atoms with Crippen molar-refractivity contribution in [2.45, 2.75) is 25.4 Å². The summed E-state index contributed by atoms with van der Waals surface area (Å²) in [5.74, 6) is 0. The van der Waals surface area contributed by atoms with Crippen LogP contribution >= 0.6 is 0 Å². The van der Waals surface area contributed by atoms with Gasteiger partial charge in [-0.1, -0.05) is 0 Å². The molecular weight excluding hydrogens is 230 g/mol. The van der Waals surface area contributed by atoms with Crippen molar-refractivity contribution < 1.29 is 9.53 Å². The SMILES string of the molecule is CN(C)C(=O)N1CCN(C[C@@H]2CCCCO2)CC1. The molecule has 0 aromatic carbocycles. The van der Waals surface area contributed by atoms with Gasteiger partial charge in [-0.3, -0.25) is 4.90 Å². The standard InChI is InChI=1S/C13H25N3O2/c1-14(2)13(17)16-8-6-15(7-9-16)11-12-5-3-4-10-18-12/h12H,3-11H2,1-2H3/t12-/m0/s1. The van der Waals surface area contributed by atoms with E-state index in [1.165, 1.54) is 19.3 Å². The lowest BCUT2D eigenvalue weighted by atomic mass is 10.1. The lowest BCUT2D eigenvalue weighted by Crippen LogP contribution is -2.53. The fraction of sp³-hybridized carbons (Fsp3) is 0.923. The van der Waals surface area contributed by atoms with Crippen LogP contribution in [0.1, 0.15) is 19.3 Å². The summed E-state index contributed by atoms with van der Waals surface area (Å²) in [6, 6.07) is 0.128. The number of carbonyl (C=O) groups is 1. The van der Waals surface area contributed by atoms with Crippen molar-refractivity contribution in [1.82, 2.24) is 14.7 Å². The molecule has 0 aromatic heterocycles. The minimum absolute atomic E-state index is 0.128. The van der Waals surface area contributed by atoms with Crippen LogP contribution in [0.15, 0.2) is 0 Å². The lowest BCUT2D eigenvalue weighted by molar-refractivity contribution is -0.0123. The molecule has 0 saturated carbocycles. The molecule has 2 aliphatic heterocycles. The number of ether oxygens (including phenoxy) is 1. The first-order valence-electron chi connectivity index (χ1n) is 6.97. The van der Waals surface area contributed by atoms with E-state index in [9.17, 15) is 4.79 Å². The van der Waals surface area contributed by atoms with Crippen LogP contribution in [-0.4, -0.2) is 80.3 Å². The maximum Gasteiger partial charge on any atom is 0.319 e. The van der Waals surface area contributed by atoms with Gasteiger partial charge in [-0.15, -0.1) is 0 Å². The van der Waals surface area contributed by atoms with Crippen LogP contribution in [0.2, 0.25) is 0 Å².